The number of amides is 1. The Hall–Kier alpha value is -1.42. The number of ether oxygens (including phenoxy) is 1. The molecule has 1 aliphatic carbocycles. The number of carbonyl (C=O) groups excluding carboxylic acids is 1. The lowest BCUT2D eigenvalue weighted by Crippen LogP contribution is -2.47. The van der Waals surface area contributed by atoms with Crippen LogP contribution in [0.15, 0.2) is 0 Å². The SMILES string of the molecule is C[C@@H]1CCc2c(sc(NC(=O)CN3CCOC[C@@H]3C)c2C#N)C1. The van der Waals surface area contributed by atoms with E-state index < -0.39 is 0 Å². The van der Waals surface area contributed by atoms with Crippen LogP contribution in [0.25, 0.3) is 0 Å². The molecule has 0 unspecified atom stereocenters. The second-order valence-electron chi connectivity index (χ2n) is 6.61. The number of thiophene rings is 1. The van der Waals surface area contributed by atoms with E-state index >= 15 is 0 Å². The highest BCUT2D eigenvalue weighted by Gasteiger charge is 2.26. The summed E-state index contributed by atoms with van der Waals surface area (Å²) < 4.78 is 5.40. The van der Waals surface area contributed by atoms with Crippen LogP contribution in [-0.4, -0.2) is 43.2 Å². The Morgan fingerprint density at radius 2 is 2.35 bits per heavy atom. The van der Waals surface area contributed by atoms with Crippen molar-refractivity contribution in [2.45, 2.75) is 39.2 Å². The van der Waals surface area contributed by atoms with Gasteiger partial charge in [-0.1, -0.05) is 6.92 Å². The number of hydrogen-bond donors (Lipinski definition) is 1. The van der Waals surface area contributed by atoms with E-state index in [0.717, 1.165) is 36.4 Å². The van der Waals surface area contributed by atoms with Crippen LogP contribution >= 0.6 is 11.3 Å². The summed E-state index contributed by atoms with van der Waals surface area (Å²) in [7, 11) is 0. The van der Waals surface area contributed by atoms with Crippen molar-refractivity contribution in [2.75, 3.05) is 31.6 Å². The molecule has 3 rings (SSSR count). The number of anilines is 1. The van der Waals surface area contributed by atoms with Gasteiger partial charge in [0.15, 0.2) is 0 Å². The minimum atomic E-state index is -0.0399. The zero-order valence-electron chi connectivity index (χ0n) is 13.7. The first kappa shape index (κ1) is 16.4. The third kappa shape index (κ3) is 3.57. The van der Waals surface area contributed by atoms with Gasteiger partial charge in [0.05, 0.1) is 25.3 Å². The summed E-state index contributed by atoms with van der Waals surface area (Å²) in [6.07, 6.45) is 3.09. The highest BCUT2D eigenvalue weighted by molar-refractivity contribution is 7.16. The Bertz CT molecular complexity index is 635. The number of fused-ring (bicyclic) bond motifs is 1. The smallest absolute Gasteiger partial charge is 0.239 e. The molecule has 1 fully saturated rings. The predicted octanol–water partition coefficient (Wildman–Crippen LogP) is 2.40. The standard InChI is InChI=1S/C17H23N3O2S/c1-11-3-4-13-14(8-18)17(23-15(13)7-11)19-16(21)9-20-5-6-22-10-12(20)2/h11-12H,3-7,9-10H2,1-2H3,(H,19,21)/t11-,12+/m1/s1. The van der Waals surface area contributed by atoms with Crippen molar-refractivity contribution >= 4 is 22.2 Å². The van der Waals surface area contributed by atoms with E-state index in [2.05, 4.69) is 30.1 Å². The molecule has 2 heterocycles. The van der Waals surface area contributed by atoms with E-state index in [0.29, 0.717) is 31.2 Å². The van der Waals surface area contributed by atoms with Gasteiger partial charge < -0.3 is 10.1 Å². The van der Waals surface area contributed by atoms with Gasteiger partial charge in [0.1, 0.15) is 11.1 Å². The van der Waals surface area contributed by atoms with E-state index in [1.807, 2.05) is 0 Å². The van der Waals surface area contributed by atoms with E-state index in [-0.39, 0.29) is 11.9 Å². The van der Waals surface area contributed by atoms with Crippen LogP contribution in [0.4, 0.5) is 5.00 Å². The molecule has 124 valence electrons. The van der Waals surface area contributed by atoms with Crippen LogP contribution in [0.1, 0.15) is 36.3 Å². The van der Waals surface area contributed by atoms with E-state index in [1.165, 1.54) is 4.88 Å². The highest BCUT2D eigenvalue weighted by Crippen LogP contribution is 2.39. The lowest BCUT2D eigenvalue weighted by molar-refractivity contribution is -0.119. The molecule has 1 aromatic rings. The van der Waals surface area contributed by atoms with Gasteiger partial charge in [0.2, 0.25) is 5.91 Å². The molecular formula is C17H23N3O2S. The molecule has 23 heavy (non-hydrogen) atoms. The average molecular weight is 333 g/mol. The molecule has 1 saturated heterocycles. The number of nitrogens with zero attached hydrogens (tertiary/aromatic N) is 2. The van der Waals surface area contributed by atoms with Crippen LogP contribution in [0.2, 0.25) is 0 Å². The van der Waals surface area contributed by atoms with Crippen LogP contribution in [0.5, 0.6) is 0 Å². The Kier molecular flexibility index (Phi) is 5.00. The molecule has 0 radical (unpaired) electrons. The molecule has 1 aliphatic heterocycles. The number of nitrogens with one attached hydrogen (secondary N) is 1. The molecule has 0 aromatic carbocycles. The van der Waals surface area contributed by atoms with Gasteiger partial charge in [0, 0.05) is 17.5 Å². The molecule has 6 heteroatoms. The molecule has 2 aliphatic rings. The minimum absolute atomic E-state index is 0.0399. The second kappa shape index (κ2) is 7.00. The van der Waals surface area contributed by atoms with Crippen LogP contribution in [-0.2, 0) is 22.4 Å². The molecule has 0 spiro atoms. The molecule has 5 nitrogen and oxygen atoms in total. The van der Waals surface area contributed by atoms with Crippen molar-refractivity contribution in [2.24, 2.45) is 5.92 Å². The largest absolute Gasteiger partial charge is 0.379 e. The van der Waals surface area contributed by atoms with Crippen molar-refractivity contribution in [3.63, 3.8) is 0 Å². The number of carbonyl (C=O) groups is 1. The first-order valence-electron chi connectivity index (χ1n) is 8.24. The molecule has 1 aromatic heterocycles. The highest BCUT2D eigenvalue weighted by atomic mass is 32.1. The van der Waals surface area contributed by atoms with Crippen molar-refractivity contribution in [3.8, 4) is 6.07 Å². The molecule has 1 N–H and O–H groups in total. The Labute approximate surface area is 141 Å². The monoisotopic (exact) mass is 333 g/mol. The first-order chi connectivity index (χ1) is 11.1. The third-order valence-corrected chi connectivity index (χ3v) is 5.90. The summed E-state index contributed by atoms with van der Waals surface area (Å²) in [6.45, 7) is 6.78. The van der Waals surface area contributed by atoms with Crippen molar-refractivity contribution in [3.05, 3.63) is 16.0 Å². The van der Waals surface area contributed by atoms with Crippen molar-refractivity contribution < 1.29 is 9.53 Å². The molecule has 0 saturated carbocycles. The van der Waals surface area contributed by atoms with E-state index in [9.17, 15) is 10.1 Å². The van der Waals surface area contributed by atoms with Gasteiger partial charge in [-0.15, -0.1) is 11.3 Å². The summed E-state index contributed by atoms with van der Waals surface area (Å²) in [4.78, 5) is 15.8. The van der Waals surface area contributed by atoms with E-state index in [4.69, 9.17) is 4.74 Å². The average Bonchev–Trinajstić information content (AvgIpc) is 2.85. The minimum Gasteiger partial charge on any atom is -0.379 e. The maximum absolute atomic E-state index is 12.4. The van der Waals surface area contributed by atoms with Gasteiger partial charge in [-0.3, -0.25) is 9.69 Å². The fourth-order valence-electron chi connectivity index (χ4n) is 3.30. The normalized spacial score (nSPS) is 24.7. The summed E-state index contributed by atoms with van der Waals surface area (Å²) in [6, 6.07) is 2.55. The maximum atomic E-state index is 12.4. The lowest BCUT2D eigenvalue weighted by Gasteiger charge is -2.32. The lowest BCUT2D eigenvalue weighted by atomic mass is 9.89. The zero-order chi connectivity index (χ0) is 16.4. The van der Waals surface area contributed by atoms with Crippen LogP contribution in [0.3, 0.4) is 0 Å². The van der Waals surface area contributed by atoms with Gasteiger partial charge in [-0.25, -0.2) is 0 Å². The number of nitriles is 1. The Balaban J connectivity index is 1.70. The zero-order valence-corrected chi connectivity index (χ0v) is 14.5. The van der Waals surface area contributed by atoms with Gasteiger partial charge in [-0.05, 0) is 37.7 Å². The van der Waals surface area contributed by atoms with Crippen LogP contribution in [0, 0.1) is 17.2 Å². The summed E-state index contributed by atoms with van der Waals surface area (Å²) >= 11 is 1.58. The third-order valence-electron chi connectivity index (χ3n) is 4.73. The summed E-state index contributed by atoms with van der Waals surface area (Å²) in [5.41, 5.74) is 1.84. The number of hydrogen-bond acceptors (Lipinski definition) is 5. The fraction of sp³-hybridized carbons (Fsp3) is 0.647. The van der Waals surface area contributed by atoms with Crippen molar-refractivity contribution in [1.29, 1.82) is 5.26 Å². The molecular weight excluding hydrogens is 310 g/mol. The fourth-order valence-corrected chi connectivity index (χ4v) is 4.68. The quantitative estimate of drug-likeness (QED) is 0.922. The molecule has 0 bridgehead atoms. The van der Waals surface area contributed by atoms with Gasteiger partial charge in [0.25, 0.3) is 0 Å². The first-order valence-corrected chi connectivity index (χ1v) is 9.06. The predicted molar refractivity (Wildman–Crippen MR) is 90.7 cm³/mol. The van der Waals surface area contributed by atoms with Gasteiger partial charge in [-0.2, -0.15) is 5.26 Å². The summed E-state index contributed by atoms with van der Waals surface area (Å²) in [5.74, 6) is 0.618. The number of morpholine rings is 1. The Morgan fingerprint density at radius 1 is 1.52 bits per heavy atom. The molecule has 2 atom stereocenters. The molecule has 1 amide bonds. The summed E-state index contributed by atoms with van der Waals surface area (Å²) in [5, 5.41) is 13.2. The van der Waals surface area contributed by atoms with E-state index in [1.54, 1.807) is 11.3 Å². The van der Waals surface area contributed by atoms with Crippen LogP contribution < -0.4 is 5.32 Å². The maximum Gasteiger partial charge on any atom is 0.239 e. The van der Waals surface area contributed by atoms with Crippen molar-refractivity contribution in [1.82, 2.24) is 4.90 Å². The number of rotatable bonds is 3. The Morgan fingerprint density at radius 3 is 3.09 bits per heavy atom. The second-order valence-corrected chi connectivity index (χ2v) is 7.72. The van der Waals surface area contributed by atoms with Gasteiger partial charge >= 0.3 is 0 Å². The topological polar surface area (TPSA) is 65.4 Å².